The SMILES string of the molecule is NCC1(Nc2ccccc2Cl)CCC1. The molecule has 1 fully saturated rings. The Labute approximate surface area is 89.4 Å². The highest BCUT2D eigenvalue weighted by molar-refractivity contribution is 6.33. The molecule has 0 amide bonds. The second-order valence-electron chi connectivity index (χ2n) is 3.94. The van der Waals surface area contributed by atoms with Crippen molar-refractivity contribution in [2.45, 2.75) is 24.8 Å². The van der Waals surface area contributed by atoms with Gasteiger partial charge in [0.2, 0.25) is 0 Å². The van der Waals surface area contributed by atoms with Gasteiger partial charge in [0.25, 0.3) is 0 Å². The van der Waals surface area contributed by atoms with E-state index in [0.29, 0.717) is 6.54 Å². The largest absolute Gasteiger partial charge is 0.377 e. The Hall–Kier alpha value is -0.730. The number of halogens is 1. The summed E-state index contributed by atoms with van der Waals surface area (Å²) in [5, 5.41) is 4.22. The summed E-state index contributed by atoms with van der Waals surface area (Å²) in [6.07, 6.45) is 3.55. The minimum atomic E-state index is 0.102. The number of hydrogen-bond acceptors (Lipinski definition) is 2. The first-order valence-corrected chi connectivity index (χ1v) is 5.36. The van der Waals surface area contributed by atoms with Crippen LogP contribution in [0.3, 0.4) is 0 Å². The standard InChI is InChI=1S/C11H15ClN2/c12-9-4-1-2-5-10(9)14-11(8-13)6-3-7-11/h1-2,4-5,14H,3,6-8,13H2. The monoisotopic (exact) mass is 210 g/mol. The van der Waals surface area contributed by atoms with Gasteiger partial charge >= 0.3 is 0 Å². The molecule has 3 N–H and O–H groups in total. The van der Waals surface area contributed by atoms with Gasteiger partial charge in [-0.3, -0.25) is 0 Å². The summed E-state index contributed by atoms with van der Waals surface area (Å²) >= 11 is 6.07. The molecule has 14 heavy (non-hydrogen) atoms. The zero-order chi connectivity index (χ0) is 10.0. The lowest BCUT2D eigenvalue weighted by Gasteiger charge is -2.42. The maximum Gasteiger partial charge on any atom is 0.0637 e. The first kappa shape index (κ1) is 9.81. The van der Waals surface area contributed by atoms with Crippen molar-refractivity contribution in [2.24, 2.45) is 5.73 Å². The summed E-state index contributed by atoms with van der Waals surface area (Å²) in [5.41, 5.74) is 6.86. The van der Waals surface area contributed by atoms with Gasteiger partial charge < -0.3 is 11.1 Å². The van der Waals surface area contributed by atoms with Crippen molar-refractivity contribution in [3.63, 3.8) is 0 Å². The molecule has 1 aromatic carbocycles. The van der Waals surface area contributed by atoms with E-state index in [0.717, 1.165) is 23.6 Å². The van der Waals surface area contributed by atoms with Gasteiger partial charge in [0.05, 0.1) is 10.7 Å². The van der Waals surface area contributed by atoms with Gasteiger partial charge in [-0.15, -0.1) is 0 Å². The van der Waals surface area contributed by atoms with Crippen LogP contribution in [0.15, 0.2) is 24.3 Å². The molecule has 76 valence electrons. The summed E-state index contributed by atoms with van der Waals surface area (Å²) in [5.74, 6) is 0. The average Bonchev–Trinajstić information content (AvgIpc) is 2.14. The Kier molecular flexibility index (Phi) is 2.66. The Morgan fingerprint density at radius 2 is 2.07 bits per heavy atom. The van der Waals surface area contributed by atoms with Crippen molar-refractivity contribution in [1.82, 2.24) is 0 Å². The summed E-state index contributed by atoms with van der Waals surface area (Å²) in [4.78, 5) is 0. The lowest BCUT2D eigenvalue weighted by atomic mass is 9.76. The van der Waals surface area contributed by atoms with Gasteiger partial charge in [0.15, 0.2) is 0 Å². The van der Waals surface area contributed by atoms with Gasteiger partial charge in [-0.05, 0) is 31.4 Å². The number of rotatable bonds is 3. The zero-order valence-electron chi connectivity index (χ0n) is 8.09. The summed E-state index contributed by atoms with van der Waals surface area (Å²) in [7, 11) is 0. The predicted octanol–water partition coefficient (Wildman–Crippen LogP) is 2.63. The van der Waals surface area contributed by atoms with Crippen LogP contribution < -0.4 is 11.1 Å². The number of para-hydroxylation sites is 1. The molecule has 2 nitrogen and oxygen atoms in total. The van der Waals surface area contributed by atoms with Gasteiger partial charge in [0, 0.05) is 12.1 Å². The molecule has 1 aliphatic rings. The minimum Gasteiger partial charge on any atom is -0.377 e. The van der Waals surface area contributed by atoms with Crippen LogP contribution >= 0.6 is 11.6 Å². The van der Waals surface area contributed by atoms with Crippen LogP contribution in [-0.2, 0) is 0 Å². The van der Waals surface area contributed by atoms with Crippen LogP contribution in [0.25, 0.3) is 0 Å². The van der Waals surface area contributed by atoms with Crippen LogP contribution in [0.2, 0.25) is 5.02 Å². The molecular formula is C11H15ClN2. The maximum atomic E-state index is 6.07. The van der Waals surface area contributed by atoms with E-state index in [1.165, 1.54) is 6.42 Å². The summed E-state index contributed by atoms with van der Waals surface area (Å²) in [6, 6.07) is 7.81. The van der Waals surface area contributed by atoms with Gasteiger partial charge in [0.1, 0.15) is 0 Å². The van der Waals surface area contributed by atoms with Gasteiger partial charge in [-0.1, -0.05) is 23.7 Å². The van der Waals surface area contributed by atoms with E-state index < -0.39 is 0 Å². The second kappa shape index (κ2) is 3.79. The second-order valence-corrected chi connectivity index (χ2v) is 4.35. The molecule has 0 unspecified atom stereocenters. The van der Waals surface area contributed by atoms with Crippen molar-refractivity contribution in [3.05, 3.63) is 29.3 Å². The molecular weight excluding hydrogens is 196 g/mol. The molecule has 0 atom stereocenters. The van der Waals surface area contributed by atoms with E-state index in [9.17, 15) is 0 Å². The van der Waals surface area contributed by atoms with Crippen molar-refractivity contribution >= 4 is 17.3 Å². The normalized spacial score (nSPS) is 18.7. The first-order chi connectivity index (χ1) is 6.76. The lowest BCUT2D eigenvalue weighted by molar-refractivity contribution is 0.287. The number of anilines is 1. The Morgan fingerprint density at radius 3 is 2.57 bits per heavy atom. The van der Waals surface area contributed by atoms with Gasteiger partial charge in [-0.25, -0.2) is 0 Å². The van der Waals surface area contributed by atoms with Crippen molar-refractivity contribution in [2.75, 3.05) is 11.9 Å². The predicted molar refractivity (Wildman–Crippen MR) is 60.7 cm³/mol. The van der Waals surface area contributed by atoms with Crippen molar-refractivity contribution in [1.29, 1.82) is 0 Å². The van der Waals surface area contributed by atoms with E-state index >= 15 is 0 Å². The third kappa shape index (κ3) is 1.72. The number of nitrogens with two attached hydrogens (primary N) is 1. The molecule has 0 radical (unpaired) electrons. The summed E-state index contributed by atoms with van der Waals surface area (Å²) < 4.78 is 0. The Bertz CT molecular complexity index is 315. The van der Waals surface area contributed by atoms with Crippen LogP contribution in [0.5, 0.6) is 0 Å². The highest BCUT2D eigenvalue weighted by Gasteiger charge is 2.35. The highest BCUT2D eigenvalue weighted by Crippen LogP contribution is 2.36. The molecule has 1 saturated carbocycles. The zero-order valence-corrected chi connectivity index (χ0v) is 8.85. The smallest absolute Gasteiger partial charge is 0.0637 e. The first-order valence-electron chi connectivity index (χ1n) is 4.99. The molecule has 0 spiro atoms. The third-order valence-corrected chi connectivity index (χ3v) is 3.30. The average molecular weight is 211 g/mol. The fourth-order valence-corrected chi connectivity index (χ4v) is 2.01. The van der Waals surface area contributed by atoms with E-state index in [2.05, 4.69) is 5.32 Å². The molecule has 2 rings (SSSR count). The lowest BCUT2D eigenvalue weighted by Crippen LogP contribution is -2.51. The molecule has 1 aromatic rings. The van der Waals surface area contributed by atoms with E-state index in [1.807, 2.05) is 24.3 Å². The molecule has 1 aliphatic carbocycles. The van der Waals surface area contributed by atoms with Crippen LogP contribution in [0.1, 0.15) is 19.3 Å². The van der Waals surface area contributed by atoms with Crippen molar-refractivity contribution < 1.29 is 0 Å². The minimum absolute atomic E-state index is 0.102. The fourth-order valence-electron chi connectivity index (χ4n) is 1.83. The molecule has 0 bridgehead atoms. The maximum absolute atomic E-state index is 6.07. The van der Waals surface area contributed by atoms with E-state index in [-0.39, 0.29) is 5.54 Å². The topological polar surface area (TPSA) is 38.0 Å². The Balaban J connectivity index is 2.13. The molecule has 0 aliphatic heterocycles. The summed E-state index contributed by atoms with van der Waals surface area (Å²) in [6.45, 7) is 0.679. The third-order valence-electron chi connectivity index (χ3n) is 2.98. The molecule has 0 saturated heterocycles. The van der Waals surface area contributed by atoms with Crippen LogP contribution in [0.4, 0.5) is 5.69 Å². The van der Waals surface area contributed by atoms with E-state index in [4.69, 9.17) is 17.3 Å². The molecule has 0 heterocycles. The number of benzene rings is 1. The number of nitrogens with one attached hydrogen (secondary N) is 1. The van der Waals surface area contributed by atoms with Crippen LogP contribution in [-0.4, -0.2) is 12.1 Å². The van der Waals surface area contributed by atoms with E-state index in [1.54, 1.807) is 0 Å². The quantitative estimate of drug-likeness (QED) is 0.805. The fraction of sp³-hybridized carbons (Fsp3) is 0.455. The molecule has 3 heteroatoms. The van der Waals surface area contributed by atoms with Gasteiger partial charge in [-0.2, -0.15) is 0 Å². The van der Waals surface area contributed by atoms with Crippen molar-refractivity contribution in [3.8, 4) is 0 Å². The Morgan fingerprint density at radius 1 is 1.36 bits per heavy atom. The molecule has 0 aromatic heterocycles. The highest BCUT2D eigenvalue weighted by atomic mass is 35.5. The van der Waals surface area contributed by atoms with Crippen LogP contribution in [0, 0.1) is 0 Å². The number of hydrogen-bond donors (Lipinski definition) is 2.